The molecule has 1 unspecified atom stereocenters. The maximum Gasteiger partial charge on any atom is 0.0695 e. The van der Waals surface area contributed by atoms with Crippen LogP contribution in [-0.2, 0) is 0 Å². The minimum Gasteiger partial charge on any atom is -0.297 e. The lowest BCUT2D eigenvalue weighted by Crippen LogP contribution is -2.35. The molecule has 0 aliphatic carbocycles. The first-order valence-electron chi connectivity index (χ1n) is 5.60. The monoisotopic (exact) mass is 242 g/mol. The molecule has 1 rings (SSSR count). The molecule has 0 radical (unpaired) electrons. The predicted molar refractivity (Wildman–Crippen MR) is 66.9 cm³/mol. The molecule has 0 amide bonds. The molecule has 0 aromatic heterocycles. The van der Waals surface area contributed by atoms with Gasteiger partial charge in [-0.1, -0.05) is 31.5 Å². The summed E-state index contributed by atoms with van der Waals surface area (Å²) in [5.41, 5.74) is 4.51. The summed E-state index contributed by atoms with van der Waals surface area (Å²) in [6.45, 7) is 6.16. The highest BCUT2D eigenvalue weighted by Gasteiger charge is 2.24. The maximum absolute atomic E-state index is 8.96. The molecule has 3 nitrogen and oxygen atoms in total. The van der Waals surface area contributed by atoms with Crippen LogP contribution < -0.4 is 5.59 Å². The van der Waals surface area contributed by atoms with Crippen molar-refractivity contribution in [1.29, 1.82) is 0 Å². The van der Waals surface area contributed by atoms with Crippen LogP contribution in [0.2, 0.25) is 0 Å². The quantitative estimate of drug-likeness (QED) is 0.743. The topological polar surface area (TPSA) is 35.5 Å². The van der Waals surface area contributed by atoms with Gasteiger partial charge in [-0.2, -0.15) is 0 Å². The van der Waals surface area contributed by atoms with Crippen molar-refractivity contribution in [2.75, 3.05) is 0 Å². The third-order valence-corrected chi connectivity index (χ3v) is 2.99. The van der Waals surface area contributed by atoms with E-state index in [4.69, 9.17) is 16.8 Å². The van der Waals surface area contributed by atoms with E-state index in [1.54, 1.807) is 5.01 Å². The van der Waals surface area contributed by atoms with Crippen molar-refractivity contribution in [2.45, 2.75) is 39.7 Å². The van der Waals surface area contributed by atoms with Gasteiger partial charge in [-0.05, 0) is 37.0 Å². The summed E-state index contributed by atoms with van der Waals surface area (Å²) in [5, 5.41) is 11.4. The minimum absolute atomic E-state index is 0.0963. The summed E-state index contributed by atoms with van der Waals surface area (Å²) in [6, 6.07) is 0.0963. The second-order valence-electron chi connectivity index (χ2n) is 3.79. The molecule has 0 saturated carbocycles. The number of nitrogens with one attached hydrogen (secondary N) is 1. The highest BCUT2D eigenvalue weighted by molar-refractivity contribution is 6.31. The number of nitrogens with zero attached hydrogens (tertiary/aromatic N) is 1. The van der Waals surface area contributed by atoms with Gasteiger partial charge < -0.3 is 0 Å². The molecule has 2 N–H and O–H groups in total. The summed E-state index contributed by atoms with van der Waals surface area (Å²) in [5.74, 6) is 0. The molecule has 1 aliphatic heterocycles. The molecule has 1 aliphatic rings. The molecular weight excluding hydrogens is 224 g/mol. The average Bonchev–Trinajstić information content (AvgIpc) is 2.56. The summed E-state index contributed by atoms with van der Waals surface area (Å²) in [6.07, 6.45) is 7.70. The fourth-order valence-electron chi connectivity index (χ4n) is 1.80. The van der Waals surface area contributed by atoms with E-state index < -0.39 is 0 Å². The number of halogens is 1. The van der Waals surface area contributed by atoms with Gasteiger partial charge >= 0.3 is 0 Å². The van der Waals surface area contributed by atoms with E-state index in [0.29, 0.717) is 0 Å². The first kappa shape index (κ1) is 13.3. The van der Waals surface area contributed by atoms with Gasteiger partial charge in [0.05, 0.1) is 6.04 Å². The van der Waals surface area contributed by atoms with E-state index in [1.807, 2.05) is 25.3 Å². The Balaban J connectivity index is 2.95. The highest BCUT2D eigenvalue weighted by atomic mass is 35.5. The zero-order valence-corrected chi connectivity index (χ0v) is 10.8. The van der Waals surface area contributed by atoms with Crippen LogP contribution in [0.5, 0.6) is 0 Å². The van der Waals surface area contributed by atoms with Crippen LogP contribution in [0.1, 0.15) is 33.6 Å². The van der Waals surface area contributed by atoms with Crippen LogP contribution in [0.4, 0.5) is 0 Å². The normalized spacial score (nSPS) is 24.2. The van der Waals surface area contributed by atoms with E-state index in [0.717, 1.165) is 23.4 Å². The SMILES string of the molecule is CC/C=C(Cl)\C=C1\C(CC)=CN(NO)C1C. The van der Waals surface area contributed by atoms with Crippen molar-refractivity contribution in [3.8, 4) is 0 Å². The van der Waals surface area contributed by atoms with Gasteiger partial charge in [0.1, 0.15) is 0 Å². The van der Waals surface area contributed by atoms with E-state index in [9.17, 15) is 0 Å². The van der Waals surface area contributed by atoms with Crippen LogP contribution >= 0.6 is 11.6 Å². The van der Waals surface area contributed by atoms with Crippen LogP contribution in [0.3, 0.4) is 0 Å². The number of hydrazine groups is 1. The third kappa shape index (κ3) is 2.88. The molecule has 1 atom stereocenters. The Morgan fingerprint density at radius 3 is 2.81 bits per heavy atom. The lowest BCUT2D eigenvalue weighted by atomic mass is 10.0. The van der Waals surface area contributed by atoms with Crippen molar-refractivity contribution in [3.05, 3.63) is 34.5 Å². The van der Waals surface area contributed by atoms with Gasteiger partial charge in [0.15, 0.2) is 0 Å². The third-order valence-electron chi connectivity index (χ3n) is 2.72. The maximum atomic E-state index is 8.96. The zero-order chi connectivity index (χ0) is 12.1. The number of hydrogen-bond acceptors (Lipinski definition) is 3. The van der Waals surface area contributed by atoms with Crippen molar-refractivity contribution in [3.63, 3.8) is 0 Å². The molecule has 90 valence electrons. The molecule has 0 spiro atoms. The molecule has 0 aromatic rings. The van der Waals surface area contributed by atoms with Crippen molar-refractivity contribution < 1.29 is 5.21 Å². The molecule has 0 bridgehead atoms. The van der Waals surface area contributed by atoms with Gasteiger partial charge in [-0.25, -0.2) is 0 Å². The van der Waals surface area contributed by atoms with Crippen LogP contribution in [-0.4, -0.2) is 16.3 Å². The van der Waals surface area contributed by atoms with Crippen LogP contribution in [0.25, 0.3) is 0 Å². The average molecular weight is 243 g/mol. The molecule has 0 aromatic carbocycles. The Morgan fingerprint density at radius 1 is 1.62 bits per heavy atom. The van der Waals surface area contributed by atoms with Crippen LogP contribution in [0.15, 0.2) is 34.5 Å². The second-order valence-corrected chi connectivity index (χ2v) is 4.22. The number of rotatable bonds is 4. The van der Waals surface area contributed by atoms with Gasteiger partial charge in [0.25, 0.3) is 0 Å². The van der Waals surface area contributed by atoms with Gasteiger partial charge in [0.2, 0.25) is 0 Å². The molecule has 1 heterocycles. The fourth-order valence-corrected chi connectivity index (χ4v) is 2.07. The van der Waals surface area contributed by atoms with E-state index in [1.165, 1.54) is 5.57 Å². The standard InChI is InChI=1S/C12H19ClN2O/c1-4-6-11(13)7-12-9(3)15(14-16)8-10(12)5-2/h6-9,14,16H,4-5H2,1-3H3/b11-6+,12-7+. The largest absolute Gasteiger partial charge is 0.297 e. The Bertz CT molecular complexity index is 334. The molecular formula is C12H19ClN2O. The fraction of sp³-hybridized carbons (Fsp3) is 0.500. The van der Waals surface area contributed by atoms with Crippen LogP contribution in [0, 0.1) is 0 Å². The number of hydrogen-bond donors (Lipinski definition) is 2. The van der Waals surface area contributed by atoms with Crippen molar-refractivity contribution >= 4 is 11.6 Å². The van der Waals surface area contributed by atoms with E-state index in [2.05, 4.69) is 19.4 Å². The minimum atomic E-state index is 0.0963. The molecule has 4 heteroatoms. The van der Waals surface area contributed by atoms with Crippen molar-refractivity contribution in [1.82, 2.24) is 10.6 Å². The van der Waals surface area contributed by atoms with E-state index >= 15 is 0 Å². The number of allylic oxidation sites excluding steroid dienone is 3. The second kappa shape index (κ2) is 6.09. The van der Waals surface area contributed by atoms with Gasteiger partial charge in [0, 0.05) is 11.2 Å². The Hall–Kier alpha value is -0.770. The summed E-state index contributed by atoms with van der Waals surface area (Å²) >= 11 is 6.10. The predicted octanol–water partition coefficient (Wildman–Crippen LogP) is 3.34. The lowest BCUT2D eigenvalue weighted by molar-refractivity contribution is 0.00533. The zero-order valence-electron chi connectivity index (χ0n) is 10.00. The van der Waals surface area contributed by atoms with E-state index in [-0.39, 0.29) is 6.04 Å². The summed E-state index contributed by atoms with van der Waals surface area (Å²) in [4.78, 5) is 0. The first-order valence-corrected chi connectivity index (χ1v) is 5.98. The lowest BCUT2D eigenvalue weighted by Gasteiger charge is -2.20. The van der Waals surface area contributed by atoms with Gasteiger partial charge in [-0.3, -0.25) is 10.2 Å². The molecule has 0 fully saturated rings. The Kier molecular flexibility index (Phi) is 5.06. The van der Waals surface area contributed by atoms with Crippen molar-refractivity contribution in [2.24, 2.45) is 0 Å². The summed E-state index contributed by atoms with van der Waals surface area (Å²) in [7, 11) is 0. The smallest absolute Gasteiger partial charge is 0.0695 e. The first-order chi connectivity index (χ1) is 7.63. The highest BCUT2D eigenvalue weighted by Crippen LogP contribution is 2.29. The molecule has 0 saturated heterocycles. The Labute approximate surface area is 102 Å². The Morgan fingerprint density at radius 2 is 2.31 bits per heavy atom. The van der Waals surface area contributed by atoms with Gasteiger partial charge in [-0.15, -0.1) is 5.59 Å². The molecule has 16 heavy (non-hydrogen) atoms. The summed E-state index contributed by atoms with van der Waals surface area (Å²) < 4.78 is 0.